The molecular formula is C17H20N2O. The summed E-state index contributed by atoms with van der Waals surface area (Å²) in [5.74, 6) is -0.0393. The molecule has 2 aromatic carbocycles. The smallest absolute Gasteiger partial charge is 0.244 e. The van der Waals surface area contributed by atoms with E-state index in [2.05, 4.69) is 0 Å². The van der Waals surface area contributed by atoms with Gasteiger partial charge in [-0.15, -0.1) is 0 Å². The van der Waals surface area contributed by atoms with Gasteiger partial charge in [0.1, 0.15) is 6.04 Å². The van der Waals surface area contributed by atoms with Gasteiger partial charge in [-0.25, -0.2) is 0 Å². The van der Waals surface area contributed by atoms with Crippen LogP contribution in [0.25, 0.3) is 0 Å². The van der Waals surface area contributed by atoms with Gasteiger partial charge in [-0.3, -0.25) is 4.79 Å². The van der Waals surface area contributed by atoms with Crippen molar-refractivity contribution in [2.24, 2.45) is 5.73 Å². The topological polar surface area (TPSA) is 46.3 Å². The molecule has 1 atom stereocenters. The van der Waals surface area contributed by atoms with Gasteiger partial charge in [0, 0.05) is 13.1 Å². The highest BCUT2D eigenvalue weighted by molar-refractivity contribution is 5.83. The maximum absolute atomic E-state index is 12.5. The molecule has 0 saturated heterocycles. The molecule has 2 N–H and O–H groups in total. The van der Waals surface area contributed by atoms with Gasteiger partial charge in [0.25, 0.3) is 0 Å². The molecule has 3 nitrogen and oxygen atoms in total. The molecule has 0 saturated carbocycles. The van der Waals surface area contributed by atoms with Gasteiger partial charge in [0.05, 0.1) is 0 Å². The van der Waals surface area contributed by atoms with Crippen molar-refractivity contribution in [1.82, 2.24) is 4.90 Å². The minimum absolute atomic E-state index is 0.0393. The second-order valence-electron chi connectivity index (χ2n) is 4.73. The lowest BCUT2D eigenvalue weighted by Gasteiger charge is -2.24. The van der Waals surface area contributed by atoms with Crippen molar-refractivity contribution in [2.45, 2.75) is 19.5 Å². The molecule has 0 spiro atoms. The molecule has 0 aliphatic heterocycles. The average molecular weight is 268 g/mol. The SMILES string of the molecule is CCN(Cc1ccccc1)C(=O)C(N)c1ccccc1. The Kier molecular flexibility index (Phi) is 4.91. The van der Waals surface area contributed by atoms with Crippen molar-refractivity contribution < 1.29 is 4.79 Å². The van der Waals surface area contributed by atoms with Crippen molar-refractivity contribution >= 4 is 5.91 Å². The van der Waals surface area contributed by atoms with E-state index in [1.807, 2.05) is 67.6 Å². The lowest BCUT2D eigenvalue weighted by Crippen LogP contribution is -2.38. The van der Waals surface area contributed by atoms with E-state index in [0.717, 1.165) is 11.1 Å². The van der Waals surface area contributed by atoms with Crippen LogP contribution in [-0.4, -0.2) is 17.4 Å². The molecule has 3 heteroatoms. The number of nitrogens with zero attached hydrogens (tertiary/aromatic N) is 1. The summed E-state index contributed by atoms with van der Waals surface area (Å²) in [5.41, 5.74) is 8.04. The van der Waals surface area contributed by atoms with E-state index in [4.69, 9.17) is 5.73 Å². The van der Waals surface area contributed by atoms with Crippen LogP contribution in [0.3, 0.4) is 0 Å². The Morgan fingerprint density at radius 1 is 1.05 bits per heavy atom. The third-order valence-electron chi connectivity index (χ3n) is 3.33. The summed E-state index contributed by atoms with van der Waals surface area (Å²) in [6.07, 6.45) is 0. The monoisotopic (exact) mass is 268 g/mol. The van der Waals surface area contributed by atoms with Gasteiger partial charge in [-0.05, 0) is 18.1 Å². The van der Waals surface area contributed by atoms with E-state index in [0.29, 0.717) is 13.1 Å². The van der Waals surface area contributed by atoms with Gasteiger partial charge < -0.3 is 10.6 Å². The minimum atomic E-state index is -0.597. The van der Waals surface area contributed by atoms with Gasteiger partial charge in [-0.2, -0.15) is 0 Å². The first-order chi connectivity index (χ1) is 9.72. The number of likely N-dealkylation sites (N-methyl/N-ethyl adjacent to an activating group) is 1. The average Bonchev–Trinajstić information content (AvgIpc) is 2.53. The van der Waals surface area contributed by atoms with Crippen molar-refractivity contribution in [1.29, 1.82) is 0 Å². The summed E-state index contributed by atoms with van der Waals surface area (Å²) in [4.78, 5) is 14.3. The highest BCUT2D eigenvalue weighted by Crippen LogP contribution is 2.14. The zero-order valence-corrected chi connectivity index (χ0v) is 11.7. The van der Waals surface area contributed by atoms with Gasteiger partial charge in [-0.1, -0.05) is 60.7 Å². The summed E-state index contributed by atoms with van der Waals surface area (Å²) in [6.45, 7) is 3.21. The number of carbonyl (C=O) groups excluding carboxylic acids is 1. The van der Waals surface area contributed by atoms with Crippen LogP contribution in [0.2, 0.25) is 0 Å². The summed E-state index contributed by atoms with van der Waals surface area (Å²) in [5, 5.41) is 0. The molecule has 20 heavy (non-hydrogen) atoms. The highest BCUT2D eigenvalue weighted by atomic mass is 16.2. The number of hydrogen-bond donors (Lipinski definition) is 1. The minimum Gasteiger partial charge on any atom is -0.337 e. The Morgan fingerprint density at radius 3 is 2.15 bits per heavy atom. The molecule has 0 heterocycles. The molecule has 0 aliphatic rings. The molecular weight excluding hydrogens is 248 g/mol. The van der Waals surface area contributed by atoms with E-state index >= 15 is 0 Å². The molecule has 2 aromatic rings. The van der Waals surface area contributed by atoms with Crippen LogP contribution in [0, 0.1) is 0 Å². The standard InChI is InChI=1S/C17H20N2O/c1-2-19(13-14-9-5-3-6-10-14)17(20)16(18)15-11-7-4-8-12-15/h3-12,16H,2,13,18H2,1H3. The number of benzene rings is 2. The lowest BCUT2D eigenvalue weighted by atomic mass is 10.1. The molecule has 0 radical (unpaired) electrons. The predicted octanol–water partition coefficient (Wildman–Crippen LogP) is 2.74. The van der Waals surface area contributed by atoms with Crippen LogP contribution in [0.4, 0.5) is 0 Å². The molecule has 104 valence electrons. The Hall–Kier alpha value is -2.13. The van der Waals surface area contributed by atoms with Gasteiger partial charge >= 0.3 is 0 Å². The third kappa shape index (κ3) is 3.45. The first kappa shape index (κ1) is 14.3. The van der Waals surface area contributed by atoms with Crippen LogP contribution in [0.15, 0.2) is 60.7 Å². The number of nitrogens with two attached hydrogens (primary N) is 1. The second-order valence-corrected chi connectivity index (χ2v) is 4.73. The lowest BCUT2D eigenvalue weighted by molar-refractivity contribution is -0.133. The van der Waals surface area contributed by atoms with E-state index in [1.165, 1.54) is 0 Å². The Labute approximate surface area is 120 Å². The Balaban J connectivity index is 2.09. The quantitative estimate of drug-likeness (QED) is 0.906. The maximum atomic E-state index is 12.5. The Bertz CT molecular complexity index is 539. The maximum Gasteiger partial charge on any atom is 0.244 e. The van der Waals surface area contributed by atoms with Crippen LogP contribution in [0.5, 0.6) is 0 Å². The van der Waals surface area contributed by atoms with Gasteiger partial charge in [0.2, 0.25) is 5.91 Å². The fraction of sp³-hybridized carbons (Fsp3) is 0.235. The largest absolute Gasteiger partial charge is 0.337 e. The van der Waals surface area contributed by atoms with Crippen LogP contribution >= 0.6 is 0 Å². The fourth-order valence-electron chi connectivity index (χ4n) is 2.15. The zero-order valence-electron chi connectivity index (χ0n) is 11.7. The molecule has 2 rings (SSSR count). The van der Waals surface area contributed by atoms with Crippen LogP contribution in [0.1, 0.15) is 24.1 Å². The summed E-state index contributed by atoms with van der Waals surface area (Å²) < 4.78 is 0. The third-order valence-corrected chi connectivity index (χ3v) is 3.33. The summed E-state index contributed by atoms with van der Waals surface area (Å²) in [6, 6.07) is 18.9. The van der Waals surface area contributed by atoms with E-state index in [9.17, 15) is 4.79 Å². The van der Waals surface area contributed by atoms with Crippen molar-refractivity contribution in [3.05, 3.63) is 71.8 Å². The highest BCUT2D eigenvalue weighted by Gasteiger charge is 2.21. The number of carbonyl (C=O) groups is 1. The molecule has 1 unspecified atom stereocenters. The van der Waals surface area contributed by atoms with Gasteiger partial charge in [0.15, 0.2) is 0 Å². The second kappa shape index (κ2) is 6.87. The van der Waals surface area contributed by atoms with E-state index in [-0.39, 0.29) is 5.91 Å². The van der Waals surface area contributed by atoms with Crippen LogP contribution < -0.4 is 5.73 Å². The molecule has 0 fully saturated rings. The first-order valence-electron chi connectivity index (χ1n) is 6.85. The van der Waals surface area contributed by atoms with Crippen molar-refractivity contribution in [2.75, 3.05) is 6.54 Å². The predicted molar refractivity (Wildman–Crippen MR) is 80.9 cm³/mol. The number of hydrogen-bond acceptors (Lipinski definition) is 2. The first-order valence-corrected chi connectivity index (χ1v) is 6.85. The summed E-state index contributed by atoms with van der Waals surface area (Å²) >= 11 is 0. The number of rotatable bonds is 5. The van der Waals surface area contributed by atoms with Crippen LogP contribution in [-0.2, 0) is 11.3 Å². The fourth-order valence-corrected chi connectivity index (χ4v) is 2.15. The zero-order chi connectivity index (χ0) is 14.4. The molecule has 0 aliphatic carbocycles. The molecule has 1 amide bonds. The molecule has 0 bridgehead atoms. The van der Waals surface area contributed by atoms with Crippen molar-refractivity contribution in [3.63, 3.8) is 0 Å². The normalized spacial score (nSPS) is 11.9. The number of amides is 1. The van der Waals surface area contributed by atoms with E-state index in [1.54, 1.807) is 4.90 Å². The Morgan fingerprint density at radius 2 is 1.60 bits per heavy atom. The summed E-state index contributed by atoms with van der Waals surface area (Å²) in [7, 11) is 0. The van der Waals surface area contributed by atoms with Crippen molar-refractivity contribution in [3.8, 4) is 0 Å². The molecule has 0 aromatic heterocycles. The van der Waals surface area contributed by atoms with E-state index < -0.39 is 6.04 Å².